The Bertz CT molecular complexity index is 784. The second kappa shape index (κ2) is 8.71. The normalized spacial score (nSPS) is 11.3. The van der Waals surface area contributed by atoms with E-state index in [4.69, 9.17) is 8.60 Å². The molecule has 0 saturated heterocycles. The van der Waals surface area contributed by atoms with Gasteiger partial charge in [0.2, 0.25) is 5.91 Å². The van der Waals surface area contributed by atoms with Gasteiger partial charge in [-0.05, 0) is 36.2 Å². The van der Waals surface area contributed by atoms with Crippen molar-refractivity contribution in [1.29, 1.82) is 0 Å². The fraction of sp³-hybridized carbons (Fsp3) is 0.389. The molecule has 0 aliphatic carbocycles. The van der Waals surface area contributed by atoms with Crippen molar-refractivity contribution in [2.24, 2.45) is 0 Å². The minimum absolute atomic E-state index is 0.0349. The Morgan fingerprint density at radius 3 is 2.64 bits per heavy atom. The molecule has 1 aromatic heterocycles. The van der Waals surface area contributed by atoms with Crippen molar-refractivity contribution in [2.75, 3.05) is 6.26 Å². The van der Waals surface area contributed by atoms with Gasteiger partial charge in [0.25, 0.3) is 0 Å². The van der Waals surface area contributed by atoms with Gasteiger partial charge in [-0.25, -0.2) is 0 Å². The van der Waals surface area contributed by atoms with Gasteiger partial charge in [-0.1, -0.05) is 25.5 Å². The lowest BCUT2D eigenvalue weighted by Gasteiger charge is -2.22. The molecule has 0 N–H and O–H groups in total. The Morgan fingerprint density at radius 1 is 1.20 bits per heavy atom. The van der Waals surface area contributed by atoms with E-state index in [1.807, 2.05) is 19.1 Å². The molecule has 136 valence electrons. The smallest absolute Gasteiger partial charge is 0.306 e. The molecule has 0 fully saturated rings. The number of furan rings is 1. The molecule has 0 aliphatic rings. The topological polar surface area (TPSA) is 76.8 Å². The van der Waals surface area contributed by atoms with Gasteiger partial charge in [-0.3, -0.25) is 4.79 Å². The number of hydrogen-bond donors (Lipinski definition) is 0. The molecule has 0 saturated carbocycles. The predicted octanol–water partition coefficient (Wildman–Crippen LogP) is 3.34. The van der Waals surface area contributed by atoms with E-state index in [0.29, 0.717) is 25.3 Å². The predicted molar refractivity (Wildman–Crippen MR) is 94.4 cm³/mol. The minimum Gasteiger partial charge on any atom is -0.467 e. The maximum absolute atomic E-state index is 12.5. The summed E-state index contributed by atoms with van der Waals surface area (Å²) >= 11 is 0. The molecule has 1 heterocycles. The summed E-state index contributed by atoms with van der Waals surface area (Å²) in [6.45, 7) is 2.76. The zero-order valence-corrected chi connectivity index (χ0v) is 15.3. The van der Waals surface area contributed by atoms with Gasteiger partial charge in [0.15, 0.2) is 0 Å². The summed E-state index contributed by atoms with van der Waals surface area (Å²) in [7, 11) is -3.59. The summed E-state index contributed by atoms with van der Waals surface area (Å²) in [4.78, 5) is 14.2. The monoisotopic (exact) mass is 365 g/mol. The van der Waals surface area contributed by atoms with Gasteiger partial charge in [-0.2, -0.15) is 8.42 Å². The van der Waals surface area contributed by atoms with E-state index in [9.17, 15) is 13.2 Å². The SMILES string of the molecule is CCCCC(=O)N(Cc1cccc(OS(C)(=O)=O)c1)Cc1ccco1. The Kier molecular flexibility index (Phi) is 6.64. The number of nitrogens with zero attached hydrogens (tertiary/aromatic N) is 1. The van der Waals surface area contributed by atoms with Crippen molar-refractivity contribution >= 4 is 16.0 Å². The molecular formula is C18H23NO5S. The van der Waals surface area contributed by atoms with E-state index < -0.39 is 10.1 Å². The maximum atomic E-state index is 12.5. The van der Waals surface area contributed by atoms with Crippen molar-refractivity contribution in [3.63, 3.8) is 0 Å². The molecule has 0 aliphatic heterocycles. The van der Waals surface area contributed by atoms with Crippen molar-refractivity contribution in [2.45, 2.75) is 39.3 Å². The van der Waals surface area contributed by atoms with E-state index in [1.165, 1.54) is 0 Å². The third kappa shape index (κ3) is 6.62. The van der Waals surface area contributed by atoms with Crippen LogP contribution in [0.4, 0.5) is 0 Å². The number of carbonyl (C=O) groups excluding carboxylic acids is 1. The largest absolute Gasteiger partial charge is 0.467 e. The molecule has 7 heteroatoms. The van der Waals surface area contributed by atoms with Crippen LogP contribution < -0.4 is 4.18 Å². The van der Waals surface area contributed by atoms with Crippen LogP contribution in [0.15, 0.2) is 47.1 Å². The summed E-state index contributed by atoms with van der Waals surface area (Å²) in [6.07, 6.45) is 4.81. The third-order valence-corrected chi connectivity index (χ3v) is 4.04. The molecule has 0 bridgehead atoms. The first-order valence-corrected chi connectivity index (χ1v) is 9.97. The van der Waals surface area contributed by atoms with Gasteiger partial charge in [0.05, 0.1) is 19.1 Å². The lowest BCUT2D eigenvalue weighted by molar-refractivity contribution is -0.132. The van der Waals surface area contributed by atoms with Gasteiger partial charge in [0, 0.05) is 13.0 Å². The number of unbranched alkanes of at least 4 members (excludes halogenated alkanes) is 1. The van der Waals surface area contributed by atoms with Gasteiger partial charge in [0.1, 0.15) is 11.5 Å². The quantitative estimate of drug-likeness (QED) is 0.637. The van der Waals surface area contributed by atoms with Crippen LogP contribution in [-0.2, 0) is 28.0 Å². The van der Waals surface area contributed by atoms with Gasteiger partial charge >= 0.3 is 10.1 Å². The Labute approximate surface area is 148 Å². The highest BCUT2D eigenvalue weighted by Crippen LogP contribution is 2.18. The zero-order valence-electron chi connectivity index (χ0n) is 14.5. The summed E-state index contributed by atoms with van der Waals surface area (Å²) in [5.41, 5.74) is 0.789. The third-order valence-electron chi connectivity index (χ3n) is 3.54. The van der Waals surface area contributed by atoms with Crippen LogP contribution in [0.3, 0.4) is 0 Å². The molecule has 0 atom stereocenters. The minimum atomic E-state index is -3.59. The molecule has 0 radical (unpaired) electrons. The number of benzene rings is 1. The van der Waals surface area contributed by atoms with Crippen molar-refractivity contribution in [3.8, 4) is 5.75 Å². The highest BCUT2D eigenvalue weighted by Gasteiger charge is 2.16. The fourth-order valence-electron chi connectivity index (χ4n) is 2.40. The zero-order chi connectivity index (χ0) is 18.3. The van der Waals surface area contributed by atoms with Gasteiger partial charge in [-0.15, -0.1) is 0 Å². The Hall–Kier alpha value is -2.28. The molecule has 2 rings (SSSR count). The molecule has 6 nitrogen and oxygen atoms in total. The average molecular weight is 365 g/mol. The first kappa shape index (κ1) is 19.1. The van der Waals surface area contributed by atoms with Gasteiger partial charge < -0.3 is 13.5 Å². The highest BCUT2D eigenvalue weighted by atomic mass is 32.2. The van der Waals surface area contributed by atoms with Crippen LogP contribution >= 0.6 is 0 Å². The number of carbonyl (C=O) groups is 1. The second-order valence-corrected chi connectivity index (χ2v) is 7.44. The number of amides is 1. The number of rotatable bonds is 9. The van der Waals surface area contributed by atoms with E-state index in [-0.39, 0.29) is 11.7 Å². The van der Waals surface area contributed by atoms with Crippen LogP contribution in [-0.4, -0.2) is 25.5 Å². The van der Waals surface area contributed by atoms with Crippen molar-refractivity contribution < 1.29 is 21.8 Å². The van der Waals surface area contributed by atoms with Crippen LogP contribution in [0.5, 0.6) is 5.75 Å². The first-order valence-electron chi connectivity index (χ1n) is 8.16. The van der Waals surface area contributed by atoms with Crippen molar-refractivity contribution in [1.82, 2.24) is 4.90 Å². The summed E-state index contributed by atoms with van der Waals surface area (Å²) in [5, 5.41) is 0. The molecule has 25 heavy (non-hydrogen) atoms. The molecular weight excluding hydrogens is 342 g/mol. The summed E-state index contributed by atoms with van der Waals surface area (Å²) < 4.78 is 32.8. The lowest BCUT2D eigenvalue weighted by atomic mass is 10.1. The second-order valence-electron chi connectivity index (χ2n) is 5.87. The Balaban J connectivity index is 2.14. The molecule has 0 spiro atoms. The molecule has 1 aromatic carbocycles. The molecule has 2 aromatic rings. The molecule has 0 unspecified atom stereocenters. The fourth-order valence-corrected chi connectivity index (χ4v) is 2.85. The van der Waals surface area contributed by atoms with E-state index in [1.54, 1.807) is 35.4 Å². The van der Waals surface area contributed by atoms with Crippen LogP contribution in [0.2, 0.25) is 0 Å². The average Bonchev–Trinajstić information content (AvgIpc) is 3.03. The standard InChI is InChI=1S/C18H23NO5S/c1-3-4-10-18(20)19(14-17-9-6-11-23-17)13-15-7-5-8-16(12-15)24-25(2,21)22/h5-9,11-12H,3-4,10,13-14H2,1-2H3. The summed E-state index contributed by atoms with van der Waals surface area (Å²) in [6, 6.07) is 10.3. The van der Waals surface area contributed by atoms with Crippen LogP contribution in [0, 0.1) is 0 Å². The maximum Gasteiger partial charge on any atom is 0.306 e. The lowest BCUT2D eigenvalue weighted by Crippen LogP contribution is -2.29. The van der Waals surface area contributed by atoms with E-state index >= 15 is 0 Å². The van der Waals surface area contributed by atoms with Crippen molar-refractivity contribution in [3.05, 3.63) is 54.0 Å². The molecule has 1 amide bonds. The number of hydrogen-bond acceptors (Lipinski definition) is 5. The van der Waals surface area contributed by atoms with Crippen LogP contribution in [0.25, 0.3) is 0 Å². The van der Waals surface area contributed by atoms with E-state index in [2.05, 4.69) is 0 Å². The Morgan fingerprint density at radius 2 is 2.00 bits per heavy atom. The first-order chi connectivity index (χ1) is 11.9. The van der Waals surface area contributed by atoms with Crippen LogP contribution in [0.1, 0.15) is 37.5 Å². The highest BCUT2D eigenvalue weighted by molar-refractivity contribution is 7.86. The van der Waals surface area contributed by atoms with E-state index in [0.717, 1.165) is 24.7 Å². The summed E-state index contributed by atoms with van der Waals surface area (Å²) in [5.74, 6) is 0.972.